The molecule has 1 unspecified atom stereocenters. The quantitative estimate of drug-likeness (QED) is 0.819. The Kier molecular flexibility index (Phi) is 5.06. The molecule has 1 fully saturated rings. The lowest BCUT2D eigenvalue weighted by molar-refractivity contribution is 0.270. The first-order chi connectivity index (χ1) is 11.8. The summed E-state index contributed by atoms with van der Waals surface area (Å²) in [4.78, 5) is -0.898. The normalized spacial score (nSPS) is 19.1. The monoisotopic (exact) mass is 390 g/mol. The third kappa shape index (κ3) is 3.27. The van der Waals surface area contributed by atoms with Crippen molar-refractivity contribution in [3.05, 3.63) is 64.4 Å². The average Bonchev–Trinajstić information content (AvgIpc) is 2.60. The van der Waals surface area contributed by atoms with E-state index in [-0.39, 0.29) is 13.1 Å². The minimum absolute atomic E-state index is 0.0384. The van der Waals surface area contributed by atoms with Crippen molar-refractivity contribution in [1.82, 2.24) is 9.62 Å². The van der Waals surface area contributed by atoms with Gasteiger partial charge in [0.15, 0.2) is 17.5 Å². The van der Waals surface area contributed by atoms with E-state index in [1.54, 1.807) is 24.3 Å². The van der Waals surface area contributed by atoms with E-state index in [0.29, 0.717) is 23.2 Å². The van der Waals surface area contributed by atoms with Gasteiger partial charge in [-0.2, -0.15) is 4.31 Å². The van der Waals surface area contributed by atoms with Crippen LogP contribution in [0, 0.1) is 17.5 Å². The summed E-state index contributed by atoms with van der Waals surface area (Å²) in [7, 11) is -4.39. The van der Waals surface area contributed by atoms with Gasteiger partial charge in [-0.05, 0) is 23.8 Å². The molecule has 2 aromatic carbocycles. The molecule has 0 bridgehead atoms. The van der Waals surface area contributed by atoms with Crippen LogP contribution in [0.4, 0.5) is 13.2 Å². The number of nitrogens with zero attached hydrogens (tertiary/aromatic N) is 1. The molecule has 0 spiro atoms. The van der Waals surface area contributed by atoms with Crippen LogP contribution in [0.5, 0.6) is 0 Å². The van der Waals surface area contributed by atoms with Gasteiger partial charge in [0.05, 0.1) is 6.04 Å². The molecule has 2 aromatic rings. The van der Waals surface area contributed by atoms with Crippen LogP contribution in [0.25, 0.3) is 0 Å². The molecule has 4 nitrogen and oxygen atoms in total. The number of nitrogens with one attached hydrogen (secondary N) is 1. The third-order valence-electron chi connectivity index (χ3n) is 4.04. The molecule has 1 aliphatic heterocycles. The Bertz CT molecular complexity index is 908. The van der Waals surface area contributed by atoms with Crippen molar-refractivity contribution in [3.8, 4) is 0 Å². The summed E-state index contributed by atoms with van der Waals surface area (Å²) in [5.41, 5.74) is 0.544. The van der Waals surface area contributed by atoms with E-state index < -0.39 is 38.4 Å². The molecule has 9 heteroatoms. The molecule has 134 valence electrons. The fourth-order valence-electron chi connectivity index (χ4n) is 2.82. The van der Waals surface area contributed by atoms with E-state index in [0.717, 1.165) is 10.4 Å². The highest BCUT2D eigenvalue weighted by Gasteiger charge is 2.37. The van der Waals surface area contributed by atoms with E-state index in [2.05, 4.69) is 5.32 Å². The summed E-state index contributed by atoms with van der Waals surface area (Å²) in [6.45, 7) is 0.635. The van der Waals surface area contributed by atoms with Crippen molar-refractivity contribution in [2.24, 2.45) is 0 Å². The summed E-state index contributed by atoms with van der Waals surface area (Å²) in [6.07, 6.45) is 0. The van der Waals surface area contributed by atoms with Crippen LogP contribution in [0.3, 0.4) is 0 Å². The molecule has 1 saturated heterocycles. The molecule has 0 saturated carbocycles. The molecule has 0 aromatic heterocycles. The van der Waals surface area contributed by atoms with Gasteiger partial charge in [-0.25, -0.2) is 21.6 Å². The van der Waals surface area contributed by atoms with Crippen molar-refractivity contribution < 1.29 is 21.6 Å². The number of hydrogen-bond acceptors (Lipinski definition) is 3. The van der Waals surface area contributed by atoms with Gasteiger partial charge < -0.3 is 5.32 Å². The highest BCUT2D eigenvalue weighted by molar-refractivity contribution is 7.89. The van der Waals surface area contributed by atoms with Crippen LogP contribution in [-0.2, 0) is 10.0 Å². The zero-order valence-corrected chi connectivity index (χ0v) is 14.4. The lowest BCUT2D eigenvalue weighted by Gasteiger charge is -2.35. The second-order valence-corrected chi connectivity index (χ2v) is 7.80. The second kappa shape index (κ2) is 6.95. The Morgan fingerprint density at radius 1 is 1.08 bits per heavy atom. The Balaban J connectivity index is 2.09. The van der Waals surface area contributed by atoms with E-state index in [9.17, 15) is 21.6 Å². The van der Waals surface area contributed by atoms with Gasteiger partial charge in [-0.15, -0.1) is 0 Å². The highest BCUT2D eigenvalue weighted by Crippen LogP contribution is 2.33. The van der Waals surface area contributed by atoms with Crippen molar-refractivity contribution >= 4 is 21.6 Å². The summed E-state index contributed by atoms with van der Waals surface area (Å²) < 4.78 is 67.5. The van der Waals surface area contributed by atoms with E-state index in [1.165, 1.54) is 0 Å². The first-order valence-corrected chi connectivity index (χ1v) is 9.26. The predicted molar refractivity (Wildman–Crippen MR) is 87.3 cm³/mol. The van der Waals surface area contributed by atoms with Crippen LogP contribution in [0.1, 0.15) is 11.6 Å². The molecular weight excluding hydrogens is 377 g/mol. The molecule has 3 rings (SSSR count). The molecule has 1 N–H and O–H groups in total. The average molecular weight is 391 g/mol. The van der Waals surface area contributed by atoms with E-state index >= 15 is 0 Å². The molecule has 1 aliphatic rings. The minimum atomic E-state index is -4.39. The molecule has 0 amide bonds. The Morgan fingerprint density at radius 2 is 1.80 bits per heavy atom. The van der Waals surface area contributed by atoms with Crippen molar-refractivity contribution in [1.29, 1.82) is 0 Å². The smallest absolute Gasteiger partial charge is 0.246 e. The van der Waals surface area contributed by atoms with E-state index in [4.69, 9.17) is 11.6 Å². The maximum Gasteiger partial charge on any atom is 0.246 e. The Morgan fingerprint density at radius 3 is 2.52 bits per heavy atom. The summed E-state index contributed by atoms with van der Waals surface area (Å²) in [6, 6.07) is 7.33. The fraction of sp³-hybridized carbons (Fsp3) is 0.250. The van der Waals surface area contributed by atoms with Gasteiger partial charge >= 0.3 is 0 Å². The standard InChI is InChI=1S/C16H14ClF3N2O2S/c17-11-4-2-1-3-10(11)13-9-21-7-8-22(13)25(23,24)14-6-5-12(18)15(19)16(14)20/h1-6,13,21H,7-9H2. The molecular formula is C16H14ClF3N2O2S. The third-order valence-corrected chi connectivity index (χ3v) is 6.31. The largest absolute Gasteiger partial charge is 0.313 e. The summed E-state index contributed by atoms with van der Waals surface area (Å²) in [5.74, 6) is -4.98. The van der Waals surface area contributed by atoms with Crippen molar-refractivity contribution in [2.75, 3.05) is 19.6 Å². The molecule has 0 aliphatic carbocycles. The van der Waals surface area contributed by atoms with Crippen molar-refractivity contribution in [2.45, 2.75) is 10.9 Å². The van der Waals surface area contributed by atoms with Gasteiger partial charge in [0, 0.05) is 24.7 Å². The highest BCUT2D eigenvalue weighted by atomic mass is 35.5. The first kappa shape index (κ1) is 18.2. The number of piperazine rings is 1. The minimum Gasteiger partial charge on any atom is -0.313 e. The van der Waals surface area contributed by atoms with Gasteiger partial charge in [0.1, 0.15) is 4.90 Å². The van der Waals surface area contributed by atoms with Crippen LogP contribution >= 0.6 is 11.6 Å². The molecule has 0 radical (unpaired) electrons. The van der Waals surface area contributed by atoms with Gasteiger partial charge in [-0.1, -0.05) is 29.8 Å². The number of sulfonamides is 1. The van der Waals surface area contributed by atoms with Crippen LogP contribution in [0.15, 0.2) is 41.3 Å². The zero-order valence-electron chi connectivity index (χ0n) is 12.8. The molecule has 1 heterocycles. The van der Waals surface area contributed by atoms with Gasteiger partial charge in [0.2, 0.25) is 10.0 Å². The van der Waals surface area contributed by atoms with Gasteiger partial charge in [0.25, 0.3) is 0 Å². The second-order valence-electron chi connectivity index (χ2n) is 5.53. The number of hydrogen-bond donors (Lipinski definition) is 1. The number of rotatable bonds is 3. The fourth-order valence-corrected chi connectivity index (χ4v) is 4.74. The van der Waals surface area contributed by atoms with Crippen LogP contribution < -0.4 is 5.32 Å². The Hall–Kier alpha value is -1.61. The topological polar surface area (TPSA) is 49.4 Å². The van der Waals surface area contributed by atoms with Crippen molar-refractivity contribution in [3.63, 3.8) is 0 Å². The summed E-state index contributed by atoms with van der Waals surface area (Å²) >= 11 is 6.16. The molecule has 1 atom stereocenters. The van der Waals surface area contributed by atoms with Crippen LogP contribution in [-0.4, -0.2) is 32.4 Å². The van der Waals surface area contributed by atoms with Crippen LogP contribution in [0.2, 0.25) is 5.02 Å². The summed E-state index contributed by atoms with van der Waals surface area (Å²) in [5, 5.41) is 3.42. The SMILES string of the molecule is O=S(=O)(c1ccc(F)c(F)c1F)N1CCNCC1c1ccccc1Cl. The number of halogens is 4. The molecule has 25 heavy (non-hydrogen) atoms. The Labute approximate surface area is 148 Å². The predicted octanol–water partition coefficient (Wildman–Crippen LogP) is 3.09. The van der Waals surface area contributed by atoms with E-state index in [1.807, 2.05) is 0 Å². The lowest BCUT2D eigenvalue weighted by atomic mass is 10.1. The maximum atomic E-state index is 14.1. The zero-order chi connectivity index (χ0) is 18.2. The number of benzene rings is 2. The van der Waals surface area contributed by atoms with Gasteiger partial charge in [-0.3, -0.25) is 0 Å². The first-order valence-electron chi connectivity index (χ1n) is 7.44. The lowest BCUT2D eigenvalue weighted by Crippen LogP contribution is -2.48. The maximum absolute atomic E-state index is 14.1.